The van der Waals surface area contributed by atoms with Crippen LogP contribution in [0.2, 0.25) is 0 Å². The average Bonchev–Trinajstić information content (AvgIpc) is 2.90. The summed E-state index contributed by atoms with van der Waals surface area (Å²) in [5.74, 6) is -0.0428. The molecule has 0 amide bonds. The summed E-state index contributed by atoms with van der Waals surface area (Å²) >= 11 is 0. The molecule has 0 saturated carbocycles. The van der Waals surface area contributed by atoms with Gasteiger partial charge < -0.3 is 15.8 Å². The normalized spacial score (nSPS) is 10.6. The molecule has 2 aromatic carbocycles. The summed E-state index contributed by atoms with van der Waals surface area (Å²) in [6.07, 6.45) is 3.05. The zero-order valence-corrected chi connectivity index (χ0v) is 21.4. The lowest BCUT2D eigenvalue weighted by Crippen LogP contribution is -2.21. The maximum atomic E-state index is 14.9. The van der Waals surface area contributed by atoms with Crippen LogP contribution in [0.3, 0.4) is 0 Å². The van der Waals surface area contributed by atoms with Crippen molar-refractivity contribution in [3.63, 3.8) is 0 Å². The predicted octanol–water partition coefficient (Wildman–Crippen LogP) is 6.82. The van der Waals surface area contributed by atoms with E-state index in [2.05, 4.69) is 15.3 Å². The number of pyridine rings is 3. The van der Waals surface area contributed by atoms with Crippen molar-refractivity contribution in [3.05, 3.63) is 106 Å². The average molecular weight is 516 g/mol. The number of aromatic nitrogens is 3. The van der Waals surface area contributed by atoms with Gasteiger partial charge in [-0.15, -0.1) is 0 Å². The number of halogens is 2. The van der Waals surface area contributed by atoms with E-state index in [4.69, 9.17) is 10.5 Å². The number of hydrogen-bond donors (Lipinski definition) is 2. The van der Waals surface area contributed by atoms with Crippen molar-refractivity contribution in [1.82, 2.24) is 14.5 Å². The number of anilines is 3. The molecule has 0 spiro atoms. The van der Waals surface area contributed by atoms with Gasteiger partial charge in [0.15, 0.2) is 11.6 Å². The van der Waals surface area contributed by atoms with E-state index < -0.39 is 11.6 Å². The molecule has 0 aliphatic rings. The third-order valence-corrected chi connectivity index (χ3v) is 5.81. The topological polar surface area (TPSA) is 95.1 Å². The Bertz CT molecular complexity index is 1670. The second-order valence-electron chi connectivity index (χ2n) is 8.22. The van der Waals surface area contributed by atoms with E-state index in [0.29, 0.717) is 45.0 Å². The summed E-state index contributed by atoms with van der Waals surface area (Å²) in [6, 6.07) is 15.2. The Morgan fingerprint density at radius 1 is 0.895 bits per heavy atom. The SMILES string of the molecule is CC.Cc1c(Oc2ccc(Nc3nccc4cc(C)n(-c5ccc(F)cc5)c(=O)c34)cc2F)ccnc1N. The Hall–Kier alpha value is -4.79. The third-order valence-electron chi connectivity index (χ3n) is 5.81. The van der Waals surface area contributed by atoms with Gasteiger partial charge in [-0.2, -0.15) is 0 Å². The Morgan fingerprint density at radius 2 is 1.61 bits per heavy atom. The van der Waals surface area contributed by atoms with Crippen molar-refractivity contribution in [2.75, 3.05) is 11.1 Å². The van der Waals surface area contributed by atoms with E-state index in [1.807, 2.05) is 19.9 Å². The number of benzene rings is 2. The Labute approximate surface area is 218 Å². The minimum Gasteiger partial charge on any atom is -0.454 e. The zero-order valence-electron chi connectivity index (χ0n) is 21.4. The smallest absolute Gasteiger partial charge is 0.266 e. The Kier molecular flexibility index (Phi) is 7.66. The van der Waals surface area contributed by atoms with Gasteiger partial charge in [-0.3, -0.25) is 9.36 Å². The second-order valence-corrected chi connectivity index (χ2v) is 8.22. The maximum absolute atomic E-state index is 14.9. The van der Waals surface area contributed by atoms with E-state index in [1.165, 1.54) is 47.2 Å². The summed E-state index contributed by atoms with van der Waals surface area (Å²) in [5, 5.41) is 4.02. The van der Waals surface area contributed by atoms with Gasteiger partial charge in [0, 0.05) is 41.1 Å². The molecule has 3 N–H and O–H groups in total. The predicted molar refractivity (Wildman–Crippen MR) is 147 cm³/mol. The van der Waals surface area contributed by atoms with Crippen LogP contribution in [0, 0.1) is 25.5 Å². The minimum absolute atomic E-state index is 0.00872. The number of nitrogen functional groups attached to an aromatic ring is 1. The first-order valence-corrected chi connectivity index (χ1v) is 12.0. The molecular formula is C29H27F2N5O2. The molecular weight excluding hydrogens is 488 g/mol. The first kappa shape index (κ1) is 26.3. The van der Waals surface area contributed by atoms with Crippen LogP contribution in [0.15, 0.2) is 77.9 Å². The lowest BCUT2D eigenvalue weighted by atomic mass is 10.1. The lowest BCUT2D eigenvalue weighted by Gasteiger charge is -2.15. The highest BCUT2D eigenvalue weighted by Crippen LogP contribution is 2.31. The van der Waals surface area contributed by atoms with Gasteiger partial charge in [0.25, 0.3) is 5.56 Å². The Morgan fingerprint density at radius 3 is 2.32 bits per heavy atom. The van der Waals surface area contributed by atoms with E-state index in [-0.39, 0.29) is 17.1 Å². The van der Waals surface area contributed by atoms with Crippen LogP contribution < -0.4 is 21.3 Å². The second kappa shape index (κ2) is 11.1. The monoisotopic (exact) mass is 515 g/mol. The molecule has 0 saturated heterocycles. The molecule has 0 aliphatic heterocycles. The van der Waals surface area contributed by atoms with Crippen LogP contribution in [0.1, 0.15) is 25.1 Å². The molecule has 0 unspecified atom stereocenters. The number of rotatable bonds is 5. The van der Waals surface area contributed by atoms with Crippen molar-refractivity contribution < 1.29 is 13.5 Å². The van der Waals surface area contributed by atoms with Gasteiger partial charge in [0.2, 0.25) is 0 Å². The van der Waals surface area contributed by atoms with Gasteiger partial charge in [-0.05, 0) is 73.8 Å². The molecule has 3 heterocycles. The number of nitrogens with zero attached hydrogens (tertiary/aromatic N) is 3. The van der Waals surface area contributed by atoms with Crippen LogP contribution in [-0.2, 0) is 0 Å². The highest BCUT2D eigenvalue weighted by atomic mass is 19.1. The summed E-state index contributed by atoms with van der Waals surface area (Å²) < 4.78 is 35.5. The first-order valence-electron chi connectivity index (χ1n) is 12.0. The van der Waals surface area contributed by atoms with E-state index in [0.717, 1.165) is 0 Å². The number of nitrogens with two attached hydrogens (primary N) is 1. The highest BCUT2D eigenvalue weighted by Gasteiger charge is 2.15. The highest BCUT2D eigenvalue weighted by molar-refractivity contribution is 5.93. The van der Waals surface area contributed by atoms with Gasteiger partial charge in [-0.25, -0.2) is 18.7 Å². The standard InChI is InChI=1S/C27H21F2N5O2.C2H6/c1-15-13-17-9-11-32-26(24(17)27(35)34(15)20-6-3-18(28)4-7-20)33-19-5-8-23(21(29)14-19)36-22-10-12-31-25(30)16(22)2;1-2/h3-14H,1-2H3,(H2,30,31)(H,32,33);1-2H3. The molecule has 9 heteroatoms. The molecule has 5 rings (SSSR count). The van der Waals surface area contributed by atoms with Crippen molar-refractivity contribution in [2.45, 2.75) is 27.7 Å². The van der Waals surface area contributed by atoms with Gasteiger partial charge in [-0.1, -0.05) is 13.8 Å². The third kappa shape index (κ3) is 5.17. The van der Waals surface area contributed by atoms with Crippen LogP contribution in [0.5, 0.6) is 11.5 Å². The summed E-state index contributed by atoms with van der Waals surface area (Å²) in [6.45, 7) is 7.53. The molecule has 0 aliphatic carbocycles. The van der Waals surface area contributed by atoms with Crippen molar-refractivity contribution in [3.8, 4) is 17.2 Å². The lowest BCUT2D eigenvalue weighted by molar-refractivity contribution is 0.439. The number of hydrogen-bond acceptors (Lipinski definition) is 6. The molecule has 194 valence electrons. The maximum Gasteiger partial charge on any atom is 0.266 e. The van der Waals surface area contributed by atoms with Gasteiger partial charge in [0.05, 0.1) is 5.39 Å². The molecule has 0 atom stereocenters. The fraction of sp³-hybridized carbons (Fsp3) is 0.138. The quantitative estimate of drug-likeness (QED) is 0.267. The largest absolute Gasteiger partial charge is 0.454 e. The van der Waals surface area contributed by atoms with Crippen molar-refractivity contribution in [1.29, 1.82) is 0 Å². The molecule has 3 aromatic heterocycles. The fourth-order valence-electron chi connectivity index (χ4n) is 3.95. The zero-order chi connectivity index (χ0) is 27.4. The molecule has 0 fully saturated rings. The molecule has 0 radical (unpaired) electrons. The molecule has 5 aromatic rings. The molecule has 0 bridgehead atoms. The van der Waals surface area contributed by atoms with Gasteiger partial charge in [0.1, 0.15) is 23.2 Å². The number of nitrogens with one attached hydrogen (secondary N) is 1. The van der Waals surface area contributed by atoms with Gasteiger partial charge >= 0.3 is 0 Å². The number of ether oxygens (including phenoxy) is 1. The van der Waals surface area contributed by atoms with Crippen molar-refractivity contribution in [2.24, 2.45) is 0 Å². The molecule has 7 nitrogen and oxygen atoms in total. The van der Waals surface area contributed by atoms with E-state index >= 15 is 0 Å². The fourth-order valence-corrected chi connectivity index (χ4v) is 3.95. The number of fused-ring (bicyclic) bond motifs is 1. The summed E-state index contributed by atoms with van der Waals surface area (Å²) in [4.78, 5) is 21.8. The van der Waals surface area contributed by atoms with Crippen LogP contribution in [0.4, 0.5) is 26.1 Å². The van der Waals surface area contributed by atoms with E-state index in [1.54, 1.807) is 38.2 Å². The van der Waals surface area contributed by atoms with Crippen molar-refractivity contribution >= 4 is 28.1 Å². The van der Waals surface area contributed by atoms with E-state index in [9.17, 15) is 13.6 Å². The van der Waals surface area contributed by atoms with Crippen LogP contribution >= 0.6 is 0 Å². The summed E-state index contributed by atoms with van der Waals surface area (Å²) in [5.41, 5.74) is 7.64. The Balaban J connectivity index is 0.00000164. The van der Waals surface area contributed by atoms with Crippen LogP contribution in [0.25, 0.3) is 16.5 Å². The summed E-state index contributed by atoms with van der Waals surface area (Å²) in [7, 11) is 0. The first-order chi connectivity index (χ1) is 18.3. The number of aryl methyl sites for hydroxylation is 1. The molecule has 38 heavy (non-hydrogen) atoms. The minimum atomic E-state index is -0.616. The van der Waals surface area contributed by atoms with Crippen LogP contribution in [-0.4, -0.2) is 14.5 Å².